The molecule has 288 valence electrons. The number of carbonyl (C=O) groups excluding carboxylic acids is 1. The van der Waals surface area contributed by atoms with Crippen molar-refractivity contribution >= 4 is 58.1 Å². The lowest BCUT2D eigenvalue weighted by Gasteiger charge is -2.34. The SMILES string of the molecule is Cc1cc(C)c(S(=O)(=O)Oc2nc(NC(=O)Cc3ccccc3)nc3c2ncn3[C@@H]2O[C@H](CO[Si](C)(C)C)[C@@H](O[Si](C)(C)C)[C@H]2O[Si](C)(C)C)c(C)c1. The Morgan fingerprint density at radius 3 is 2.06 bits per heavy atom. The van der Waals surface area contributed by atoms with E-state index in [4.69, 9.17) is 27.2 Å². The van der Waals surface area contributed by atoms with Crippen molar-refractivity contribution in [3.8, 4) is 5.88 Å². The van der Waals surface area contributed by atoms with Crippen LogP contribution in [0.5, 0.6) is 5.88 Å². The topological polar surface area (TPSA) is 153 Å². The quantitative estimate of drug-likeness (QED) is 0.105. The van der Waals surface area contributed by atoms with Crippen LogP contribution < -0.4 is 9.50 Å². The third kappa shape index (κ3) is 10.5. The van der Waals surface area contributed by atoms with Gasteiger partial charge in [0.25, 0.3) is 5.88 Å². The molecule has 1 N–H and O–H groups in total. The average Bonchev–Trinajstić information content (AvgIpc) is 3.54. The molecule has 1 saturated heterocycles. The summed E-state index contributed by atoms with van der Waals surface area (Å²) in [5.41, 5.74) is 3.01. The number of amides is 1. The molecule has 0 aliphatic carbocycles. The highest BCUT2D eigenvalue weighted by Gasteiger charge is 2.51. The summed E-state index contributed by atoms with van der Waals surface area (Å²) in [4.78, 5) is 27.0. The number of hydrogen-bond acceptors (Lipinski definition) is 11. The molecule has 0 radical (unpaired) electrons. The molecule has 1 amide bonds. The summed E-state index contributed by atoms with van der Waals surface area (Å²) in [5.74, 6) is -0.890. The first-order chi connectivity index (χ1) is 24.5. The van der Waals surface area contributed by atoms with Crippen LogP contribution in [0.3, 0.4) is 0 Å². The highest BCUT2D eigenvalue weighted by Crippen LogP contribution is 2.40. The molecule has 0 spiro atoms. The average molecular weight is 800 g/mol. The van der Waals surface area contributed by atoms with Crippen molar-refractivity contribution in [3.05, 3.63) is 71.0 Å². The Hall–Kier alpha value is -3.30. The van der Waals surface area contributed by atoms with Crippen molar-refractivity contribution in [2.75, 3.05) is 11.9 Å². The van der Waals surface area contributed by atoms with Crippen LogP contribution in [0.1, 0.15) is 28.5 Å². The molecule has 4 aromatic rings. The van der Waals surface area contributed by atoms with Crippen LogP contribution in [0, 0.1) is 20.8 Å². The van der Waals surface area contributed by atoms with Crippen LogP contribution in [-0.4, -0.2) is 83.7 Å². The van der Waals surface area contributed by atoms with Gasteiger partial charge in [0.1, 0.15) is 23.2 Å². The molecule has 0 saturated carbocycles. The first-order valence-electron chi connectivity index (χ1n) is 17.8. The number of rotatable bonds is 14. The predicted octanol–water partition coefficient (Wildman–Crippen LogP) is 6.89. The normalized spacial score (nSPS) is 19.8. The second-order valence-electron chi connectivity index (χ2n) is 16.5. The van der Waals surface area contributed by atoms with Crippen LogP contribution in [0.15, 0.2) is 53.7 Å². The number of anilines is 1. The van der Waals surface area contributed by atoms with Crippen LogP contribution in [0.2, 0.25) is 58.9 Å². The van der Waals surface area contributed by atoms with Gasteiger partial charge in [-0.2, -0.15) is 18.4 Å². The maximum atomic E-state index is 13.9. The molecule has 53 heavy (non-hydrogen) atoms. The number of nitrogens with one attached hydrogen (secondary N) is 1. The first kappa shape index (κ1) is 40.9. The summed E-state index contributed by atoms with van der Waals surface area (Å²) in [5, 5.41) is 2.74. The zero-order chi connectivity index (χ0) is 39.1. The predicted molar refractivity (Wildman–Crippen MR) is 212 cm³/mol. The van der Waals surface area contributed by atoms with Crippen molar-refractivity contribution in [1.82, 2.24) is 19.5 Å². The summed E-state index contributed by atoms with van der Waals surface area (Å²) in [7, 11) is -10.7. The van der Waals surface area contributed by atoms with Gasteiger partial charge in [0.05, 0.1) is 19.4 Å². The van der Waals surface area contributed by atoms with E-state index in [-0.39, 0.29) is 34.3 Å². The van der Waals surface area contributed by atoms with Crippen molar-refractivity contribution in [2.45, 2.75) is 116 Å². The Morgan fingerprint density at radius 1 is 0.868 bits per heavy atom. The van der Waals surface area contributed by atoms with Gasteiger partial charge >= 0.3 is 10.1 Å². The minimum absolute atomic E-state index is 0.0308. The molecular weight excluding hydrogens is 747 g/mol. The zero-order valence-corrected chi connectivity index (χ0v) is 36.6. The lowest BCUT2D eigenvalue weighted by atomic mass is 10.1. The van der Waals surface area contributed by atoms with E-state index >= 15 is 0 Å². The number of aromatic nitrogens is 4. The van der Waals surface area contributed by atoms with Crippen molar-refractivity contribution in [2.24, 2.45) is 0 Å². The molecule has 0 bridgehead atoms. The van der Waals surface area contributed by atoms with E-state index < -0.39 is 65.5 Å². The number of aryl methyl sites for hydroxylation is 3. The largest absolute Gasteiger partial charge is 0.415 e. The molecule has 0 unspecified atom stereocenters. The number of fused-ring (bicyclic) bond motifs is 1. The van der Waals surface area contributed by atoms with Gasteiger partial charge in [0.15, 0.2) is 42.3 Å². The van der Waals surface area contributed by atoms with Crippen molar-refractivity contribution < 1.29 is 35.4 Å². The van der Waals surface area contributed by atoms with E-state index in [1.807, 2.05) is 37.3 Å². The second kappa shape index (κ2) is 15.4. The van der Waals surface area contributed by atoms with Gasteiger partial charge in [0.2, 0.25) is 11.9 Å². The van der Waals surface area contributed by atoms with Gasteiger partial charge in [-0.15, -0.1) is 0 Å². The fourth-order valence-corrected chi connectivity index (χ4v) is 10.5. The molecular formula is C36H53N5O8SSi3. The van der Waals surface area contributed by atoms with E-state index in [2.05, 4.69) is 74.2 Å². The Labute approximate surface area is 316 Å². The van der Waals surface area contributed by atoms with E-state index in [1.54, 1.807) is 30.5 Å². The van der Waals surface area contributed by atoms with Gasteiger partial charge < -0.3 is 22.2 Å². The second-order valence-corrected chi connectivity index (χ2v) is 31.4. The van der Waals surface area contributed by atoms with E-state index in [1.165, 1.54) is 6.33 Å². The summed E-state index contributed by atoms with van der Waals surface area (Å²) in [6.07, 6.45) is -0.773. The fraction of sp³-hybridized carbons (Fsp3) is 0.500. The van der Waals surface area contributed by atoms with Crippen molar-refractivity contribution in [3.63, 3.8) is 0 Å². The smallest absolute Gasteiger partial charge is 0.341 e. The summed E-state index contributed by atoms with van der Waals surface area (Å²) >= 11 is 0. The van der Waals surface area contributed by atoms with Gasteiger partial charge in [-0.05, 0) is 96.4 Å². The lowest BCUT2D eigenvalue weighted by molar-refractivity contribution is -0.115. The number of imidazole rings is 1. The molecule has 1 fully saturated rings. The Balaban J connectivity index is 1.64. The number of benzene rings is 2. The molecule has 2 aromatic carbocycles. The third-order valence-corrected chi connectivity index (χ3v) is 12.6. The molecule has 13 nitrogen and oxygen atoms in total. The molecule has 1 aliphatic heterocycles. The van der Waals surface area contributed by atoms with Gasteiger partial charge in [-0.1, -0.05) is 48.0 Å². The van der Waals surface area contributed by atoms with E-state index in [0.717, 1.165) is 11.1 Å². The molecule has 17 heteroatoms. The minimum atomic E-state index is -4.41. The van der Waals surface area contributed by atoms with E-state index in [0.29, 0.717) is 17.7 Å². The lowest BCUT2D eigenvalue weighted by Crippen LogP contribution is -2.48. The first-order valence-corrected chi connectivity index (χ1v) is 29.4. The third-order valence-electron chi connectivity index (χ3n) is 8.11. The molecule has 3 heterocycles. The summed E-state index contributed by atoms with van der Waals surface area (Å²) in [6, 6.07) is 12.8. The number of hydrogen-bond donors (Lipinski definition) is 1. The summed E-state index contributed by atoms with van der Waals surface area (Å²) in [6.45, 7) is 24.6. The molecule has 4 atom stereocenters. The van der Waals surface area contributed by atoms with Crippen molar-refractivity contribution in [1.29, 1.82) is 0 Å². The van der Waals surface area contributed by atoms with Gasteiger partial charge in [-0.3, -0.25) is 14.7 Å². The Kier molecular flexibility index (Phi) is 11.9. The minimum Gasteiger partial charge on any atom is -0.415 e. The molecule has 5 rings (SSSR count). The zero-order valence-electron chi connectivity index (χ0n) is 32.8. The number of nitrogens with zero attached hydrogens (tertiary/aromatic N) is 4. The highest BCUT2D eigenvalue weighted by molar-refractivity contribution is 7.87. The van der Waals surface area contributed by atoms with Gasteiger partial charge in [0, 0.05) is 0 Å². The van der Waals surface area contributed by atoms with Crippen LogP contribution >= 0.6 is 0 Å². The maximum Gasteiger partial charge on any atom is 0.341 e. The van der Waals surface area contributed by atoms with Gasteiger partial charge in [-0.25, -0.2) is 4.98 Å². The van der Waals surface area contributed by atoms with Crippen LogP contribution in [-0.2, 0) is 39.3 Å². The standard InChI is InChI=1S/C36H53N5O8SSi3/c1-23-18-24(2)32(25(3)19-23)50(43,44)47-34-29-33(39-36(40-34)38-28(42)20-26-16-14-13-15-17-26)41(22-37-29)35-31(49-53(10,11)12)30(48-52(7,8)9)27(46-35)21-45-51(4,5)6/h13-19,22,27,30-31,35H,20-21H2,1-12H3,(H,38,39,40,42)/t27-,30-,31-,35-/m1/s1. The summed E-state index contributed by atoms with van der Waals surface area (Å²) < 4.78 is 62.2. The van der Waals surface area contributed by atoms with E-state index in [9.17, 15) is 13.2 Å². The highest BCUT2D eigenvalue weighted by atomic mass is 32.2. The molecule has 1 aliphatic rings. The Morgan fingerprint density at radius 2 is 1.47 bits per heavy atom. The number of ether oxygens (including phenoxy) is 1. The molecule has 2 aromatic heterocycles. The fourth-order valence-electron chi connectivity index (χ4n) is 6.33. The van der Waals surface area contributed by atoms with Crippen LogP contribution in [0.4, 0.5) is 5.95 Å². The monoisotopic (exact) mass is 799 g/mol. The Bertz CT molecular complexity index is 2040. The number of carbonyl (C=O) groups is 1. The van der Waals surface area contributed by atoms with Crippen LogP contribution in [0.25, 0.3) is 11.2 Å². The maximum absolute atomic E-state index is 13.9.